The van der Waals surface area contributed by atoms with Crippen molar-refractivity contribution in [3.8, 4) is 17.2 Å². The first kappa shape index (κ1) is 22.2. The van der Waals surface area contributed by atoms with Crippen LogP contribution in [0.15, 0.2) is 72.8 Å². The lowest BCUT2D eigenvalue weighted by Crippen LogP contribution is -2.41. The summed E-state index contributed by atoms with van der Waals surface area (Å²) in [5, 5.41) is 2.85. The van der Waals surface area contributed by atoms with Gasteiger partial charge in [0.15, 0.2) is 6.61 Å². The monoisotopic (exact) mass is 446 g/mol. The zero-order valence-electron chi connectivity index (χ0n) is 18.5. The maximum atomic E-state index is 12.4. The number of carbonyl (C=O) groups is 2. The van der Waals surface area contributed by atoms with E-state index in [1.807, 2.05) is 61.5 Å². The van der Waals surface area contributed by atoms with Gasteiger partial charge in [-0.15, -0.1) is 0 Å². The van der Waals surface area contributed by atoms with E-state index in [0.29, 0.717) is 30.3 Å². The van der Waals surface area contributed by atoms with E-state index in [2.05, 4.69) is 5.32 Å². The van der Waals surface area contributed by atoms with E-state index in [1.54, 1.807) is 23.1 Å². The number of benzene rings is 3. The van der Waals surface area contributed by atoms with Crippen molar-refractivity contribution in [2.75, 3.05) is 36.6 Å². The molecule has 7 nitrogen and oxygen atoms in total. The molecule has 0 atom stereocenters. The van der Waals surface area contributed by atoms with Crippen LogP contribution in [-0.2, 0) is 9.59 Å². The van der Waals surface area contributed by atoms with Crippen molar-refractivity contribution in [1.29, 1.82) is 0 Å². The molecule has 1 aliphatic heterocycles. The van der Waals surface area contributed by atoms with Crippen molar-refractivity contribution in [3.63, 3.8) is 0 Å². The number of carbonyl (C=O) groups excluding carboxylic acids is 2. The van der Waals surface area contributed by atoms with Crippen LogP contribution < -0.4 is 24.4 Å². The predicted molar refractivity (Wildman–Crippen MR) is 126 cm³/mol. The molecule has 0 radical (unpaired) electrons. The Hall–Kier alpha value is -4.00. The molecular formula is C26H26N2O5. The average molecular weight is 447 g/mol. The van der Waals surface area contributed by atoms with Gasteiger partial charge in [0, 0.05) is 11.8 Å². The summed E-state index contributed by atoms with van der Waals surface area (Å²) in [4.78, 5) is 26.3. The van der Waals surface area contributed by atoms with Gasteiger partial charge in [-0.1, -0.05) is 30.3 Å². The largest absolute Gasteiger partial charge is 0.493 e. The van der Waals surface area contributed by atoms with E-state index in [4.69, 9.17) is 14.2 Å². The van der Waals surface area contributed by atoms with Crippen LogP contribution in [0.4, 0.5) is 11.4 Å². The van der Waals surface area contributed by atoms with Crippen molar-refractivity contribution in [2.45, 2.75) is 13.3 Å². The maximum absolute atomic E-state index is 12.4. The first-order valence-electron chi connectivity index (χ1n) is 10.8. The second-order valence-electron chi connectivity index (χ2n) is 7.64. The van der Waals surface area contributed by atoms with Crippen LogP contribution in [0.1, 0.15) is 12.0 Å². The molecule has 0 bridgehead atoms. The molecule has 0 saturated heterocycles. The van der Waals surface area contributed by atoms with Gasteiger partial charge in [-0.2, -0.15) is 0 Å². The van der Waals surface area contributed by atoms with E-state index in [9.17, 15) is 9.59 Å². The van der Waals surface area contributed by atoms with Crippen molar-refractivity contribution in [2.24, 2.45) is 0 Å². The summed E-state index contributed by atoms with van der Waals surface area (Å²) in [6, 6.07) is 22.4. The molecule has 0 aliphatic carbocycles. The van der Waals surface area contributed by atoms with Crippen LogP contribution >= 0.6 is 0 Å². The van der Waals surface area contributed by atoms with E-state index >= 15 is 0 Å². The molecule has 7 heteroatoms. The van der Waals surface area contributed by atoms with Gasteiger partial charge in [0.05, 0.1) is 25.3 Å². The average Bonchev–Trinajstić information content (AvgIpc) is 2.81. The Kier molecular flexibility index (Phi) is 7.09. The van der Waals surface area contributed by atoms with Crippen LogP contribution in [0.2, 0.25) is 0 Å². The third-order valence-electron chi connectivity index (χ3n) is 5.10. The molecule has 3 aromatic carbocycles. The highest BCUT2D eigenvalue weighted by molar-refractivity contribution is 5.99. The number of nitrogens with one attached hydrogen (secondary N) is 1. The molecule has 33 heavy (non-hydrogen) atoms. The molecule has 4 rings (SSSR count). The number of amides is 2. The highest BCUT2D eigenvalue weighted by Crippen LogP contribution is 2.34. The first-order valence-corrected chi connectivity index (χ1v) is 10.8. The summed E-state index contributed by atoms with van der Waals surface area (Å²) in [5.74, 6) is 1.74. The Bertz CT molecular complexity index is 1120. The second-order valence-corrected chi connectivity index (χ2v) is 7.64. The van der Waals surface area contributed by atoms with E-state index < -0.39 is 0 Å². The summed E-state index contributed by atoms with van der Waals surface area (Å²) in [6.45, 7) is 2.97. The van der Waals surface area contributed by atoms with Gasteiger partial charge < -0.3 is 24.4 Å². The van der Waals surface area contributed by atoms with E-state index in [0.717, 1.165) is 17.1 Å². The van der Waals surface area contributed by atoms with Gasteiger partial charge in [-0.05, 0) is 48.9 Å². The third-order valence-corrected chi connectivity index (χ3v) is 5.10. The van der Waals surface area contributed by atoms with E-state index in [1.165, 1.54) is 0 Å². The van der Waals surface area contributed by atoms with Crippen LogP contribution in [0.3, 0.4) is 0 Å². The van der Waals surface area contributed by atoms with Crippen LogP contribution in [-0.4, -0.2) is 38.2 Å². The van der Waals surface area contributed by atoms with Crippen molar-refractivity contribution in [3.05, 3.63) is 78.4 Å². The molecule has 1 heterocycles. The first-order chi connectivity index (χ1) is 16.1. The second kappa shape index (κ2) is 10.5. The molecule has 0 spiro atoms. The number of aryl methyl sites for hydroxylation is 1. The Morgan fingerprint density at radius 2 is 1.76 bits per heavy atom. The lowest BCUT2D eigenvalue weighted by atomic mass is 10.2. The number of para-hydroxylation sites is 1. The number of fused-ring (bicyclic) bond motifs is 1. The predicted octanol–water partition coefficient (Wildman–Crippen LogP) is 4.21. The number of hydrogen-bond acceptors (Lipinski definition) is 5. The molecule has 1 N–H and O–H groups in total. The van der Waals surface area contributed by atoms with E-state index in [-0.39, 0.29) is 31.4 Å². The Morgan fingerprint density at radius 1 is 0.970 bits per heavy atom. The fourth-order valence-electron chi connectivity index (χ4n) is 3.49. The molecule has 0 unspecified atom stereocenters. The minimum Gasteiger partial charge on any atom is -0.493 e. The molecule has 2 amide bonds. The Balaban J connectivity index is 1.32. The molecule has 0 fully saturated rings. The van der Waals surface area contributed by atoms with Gasteiger partial charge >= 0.3 is 0 Å². The summed E-state index contributed by atoms with van der Waals surface area (Å²) < 4.78 is 17.0. The number of anilines is 2. The van der Waals surface area contributed by atoms with Crippen LogP contribution in [0.5, 0.6) is 17.2 Å². The minimum atomic E-state index is -0.166. The lowest BCUT2D eigenvalue weighted by Gasteiger charge is -2.29. The maximum Gasteiger partial charge on any atom is 0.265 e. The fourth-order valence-corrected chi connectivity index (χ4v) is 3.49. The molecule has 0 aromatic heterocycles. The van der Waals surface area contributed by atoms with Crippen LogP contribution in [0, 0.1) is 6.92 Å². The molecule has 1 aliphatic rings. The van der Waals surface area contributed by atoms with Gasteiger partial charge in [0.2, 0.25) is 5.91 Å². The molecule has 170 valence electrons. The normalized spacial score (nSPS) is 12.5. The minimum absolute atomic E-state index is 0.0558. The fraction of sp³-hybridized carbons (Fsp3) is 0.231. The standard InChI is InChI=1S/C26H26N2O5/c1-19-6-5-9-22(16-19)32-15-13-28-23-11-10-20(17-24(23)33-18-26(28)30)27-25(29)12-14-31-21-7-3-2-4-8-21/h2-11,16-17H,12-15,18H2,1H3,(H,27,29). The quantitative estimate of drug-likeness (QED) is 0.533. The van der Waals surface area contributed by atoms with Crippen molar-refractivity contribution >= 4 is 23.2 Å². The molecule has 0 saturated carbocycles. The van der Waals surface area contributed by atoms with Gasteiger partial charge in [0.25, 0.3) is 5.91 Å². The van der Waals surface area contributed by atoms with Crippen molar-refractivity contribution < 1.29 is 23.8 Å². The summed E-state index contributed by atoms with van der Waals surface area (Å²) >= 11 is 0. The SMILES string of the molecule is Cc1cccc(OCCN2C(=O)COc3cc(NC(=O)CCOc4ccccc4)ccc32)c1. The van der Waals surface area contributed by atoms with Gasteiger partial charge in [0.1, 0.15) is 23.9 Å². The van der Waals surface area contributed by atoms with Crippen molar-refractivity contribution in [1.82, 2.24) is 0 Å². The number of nitrogens with zero attached hydrogens (tertiary/aromatic N) is 1. The van der Waals surface area contributed by atoms with Crippen LogP contribution in [0.25, 0.3) is 0 Å². The Morgan fingerprint density at radius 3 is 2.58 bits per heavy atom. The zero-order valence-corrected chi connectivity index (χ0v) is 18.5. The zero-order chi connectivity index (χ0) is 23.0. The smallest absolute Gasteiger partial charge is 0.265 e. The Labute approximate surface area is 192 Å². The summed E-state index contributed by atoms with van der Waals surface area (Å²) in [5.41, 5.74) is 2.37. The summed E-state index contributed by atoms with van der Waals surface area (Å²) in [7, 11) is 0. The molecule has 3 aromatic rings. The van der Waals surface area contributed by atoms with Gasteiger partial charge in [-0.25, -0.2) is 0 Å². The number of ether oxygens (including phenoxy) is 3. The lowest BCUT2D eigenvalue weighted by molar-refractivity contribution is -0.121. The van der Waals surface area contributed by atoms with Gasteiger partial charge in [-0.3, -0.25) is 9.59 Å². The topological polar surface area (TPSA) is 77.1 Å². The number of rotatable bonds is 9. The highest BCUT2D eigenvalue weighted by Gasteiger charge is 2.25. The summed E-state index contributed by atoms with van der Waals surface area (Å²) in [6.07, 6.45) is 0.216. The number of hydrogen-bond donors (Lipinski definition) is 1. The third kappa shape index (κ3) is 6.04. The highest BCUT2D eigenvalue weighted by atomic mass is 16.5. The molecular weight excluding hydrogens is 420 g/mol.